The first-order valence-electron chi connectivity index (χ1n) is 9.62. The van der Waals surface area contributed by atoms with Crippen LogP contribution in [-0.4, -0.2) is 83.5 Å². The Balaban J connectivity index is 1.92. The fraction of sp³-hybridized carbons (Fsp3) is 0.688. The average Bonchev–Trinajstić information content (AvgIpc) is 3.26. The van der Waals surface area contributed by atoms with Crippen LogP contribution in [0, 0.1) is 5.92 Å². The summed E-state index contributed by atoms with van der Waals surface area (Å²) >= 11 is 0. The molecular weight excluding hydrogens is 434 g/mol. The highest BCUT2D eigenvalue weighted by Gasteiger charge is 2.50. The van der Waals surface area contributed by atoms with E-state index in [-0.39, 0.29) is 23.2 Å². The number of nitrogens with zero attached hydrogens (tertiary/aromatic N) is 4. The number of nitrogens with two attached hydrogens (primary N) is 2. The van der Waals surface area contributed by atoms with E-state index in [1.807, 2.05) is 11.6 Å². The van der Waals surface area contributed by atoms with Crippen molar-refractivity contribution in [3.8, 4) is 0 Å². The molecule has 1 aromatic rings. The SMILES string of the molecule is CC[C@H](C)[C@H](N)C(=O)NS(=O)(=O)N1CN([C@@H]2O[C@H](CO)C(O)C2O)c2ncnc(N)c21. The van der Waals surface area contributed by atoms with Gasteiger partial charge in [-0.3, -0.25) is 4.79 Å². The van der Waals surface area contributed by atoms with Gasteiger partial charge in [0.05, 0.1) is 12.6 Å². The predicted octanol–water partition coefficient (Wildman–Crippen LogP) is -3.18. The second kappa shape index (κ2) is 8.68. The van der Waals surface area contributed by atoms with Gasteiger partial charge in [-0.15, -0.1) is 0 Å². The highest BCUT2D eigenvalue weighted by Crippen LogP contribution is 2.42. The standard InChI is InChI=1S/C16H27N7O7S/c1-3-7(2)9(17)15(27)21-31(28,29)23-6-22(14-10(23)13(18)19-5-20-14)16-12(26)11(25)8(4-24)30-16/h5,7-9,11-12,16,24-26H,3-4,6,17H2,1-2H3,(H,21,27)(H2,18,19,20)/t7-,8+,9-,11?,12?,16+/m0/s1. The summed E-state index contributed by atoms with van der Waals surface area (Å²) in [7, 11) is -4.49. The largest absolute Gasteiger partial charge is 0.394 e. The second-order valence-electron chi connectivity index (χ2n) is 7.50. The van der Waals surface area contributed by atoms with E-state index in [1.165, 1.54) is 4.90 Å². The minimum absolute atomic E-state index is 0.00592. The molecule has 15 heteroatoms. The lowest BCUT2D eigenvalue weighted by molar-refractivity contribution is -0.121. The molecule has 2 unspecified atom stereocenters. The van der Waals surface area contributed by atoms with Crippen LogP contribution in [-0.2, 0) is 19.7 Å². The van der Waals surface area contributed by atoms with Gasteiger partial charge in [-0.25, -0.2) is 19.0 Å². The van der Waals surface area contributed by atoms with Crippen molar-refractivity contribution >= 4 is 33.4 Å². The highest BCUT2D eigenvalue weighted by atomic mass is 32.2. The van der Waals surface area contributed by atoms with Crippen LogP contribution in [0.3, 0.4) is 0 Å². The minimum atomic E-state index is -4.49. The lowest BCUT2D eigenvalue weighted by Crippen LogP contribution is -2.53. The van der Waals surface area contributed by atoms with Crippen molar-refractivity contribution in [2.24, 2.45) is 11.7 Å². The molecule has 0 aromatic carbocycles. The van der Waals surface area contributed by atoms with E-state index in [2.05, 4.69) is 9.97 Å². The summed E-state index contributed by atoms with van der Waals surface area (Å²) in [4.78, 5) is 21.5. The second-order valence-corrected chi connectivity index (χ2v) is 9.10. The molecule has 0 aliphatic carbocycles. The molecule has 1 fully saturated rings. The van der Waals surface area contributed by atoms with Crippen molar-refractivity contribution in [2.45, 2.75) is 50.8 Å². The Morgan fingerprint density at radius 3 is 2.65 bits per heavy atom. The molecule has 8 N–H and O–H groups in total. The van der Waals surface area contributed by atoms with Crippen LogP contribution < -0.4 is 25.4 Å². The fourth-order valence-corrected chi connectivity index (χ4v) is 4.60. The monoisotopic (exact) mass is 461 g/mol. The van der Waals surface area contributed by atoms with E-state index in [9.17, 15) is 28.5 Å². The topological polar surface area (TPSA) is 217 Å². The molecule has 14 nitrogen and oxygen atoms in total. The van der Waals surface area contributed by atoms with Gasteiger partial charge in [-0.1, -0.05) is 20.3 Å². The third kappa shape index (κ3) is 4.11. The average molecular weight is 462 g/mol. The van der Waals surface area contributed by atoms with E-state index >= 15 is 0 Å². The van der Waals surface area contributed by atoms with Gasteiger partial charge < -0.3 is 36.4 Å². The zero-order chi connectivity index (χ0) is 23.1. The van der Waals surface area contributed by atoms with Crippen molar-refractivity contribution in [3.63, 3.8) is 0 Å². The summed E-state index contributed by atoms with van der Waals surface area (Å²) in [6.45, 7) is 2.52. The van der Waals surface area contributed by atoms with Gasteiger partial charge in [0.1, 0.15) is 37.0 Å². The minimum Gasteiger partial charge on any atom is -0.394 e. The van der Waals surface area contributed by atoms with Gasteiger partial charge in [-0.2, -0.15) is 8.42 Å². The van der Waals surface area contributed by atoms with Gasteiger partial charge in [-0.05, 0) is 5.92 Å². The Morgan fingerprint density at radius 2 is 2.06 bits per heavy atom. The number of hydrogen-bond acceptors (Lipinski definition) is 12. The number of nitrogens with one attached hydrogen (secondary N) is 1. The number of carbonyl (C=O) groups excluding carboxylic acids is 1. The van der Waals surface area contributed by atoms with Crippen molar-refractivity contribution in [1.82, 2.24) is 14.7 Å². The Labute approximate surface area is 179 Å². The fourth-order valence-electron chi connectivity index (χ4n) is 3.41. The molecule has 0 bridgehead atoms. The molecule has 6 atom stereocenters. The summed E-state index contributed by atoms with van der Waals surface area (Å²) in [5.41, 5.74) is 11.6. The maximum absolute atomic E-state index is 13.0. The number of fused-ring (bicyclic) bond motifs is 1. The Morgan fingerprint density at radius 1 is 1.39 bits per heavy atom. The van der Waals surface area contributed by atoms with Gasteiger partial charge in [0, 0.05) is 0 Å². The van der Waals surface area contributed by atoms with Crippen LogP contribution in [0.2, 0.25) is 0 Å². The molecule has 174 valence electrons. The Bertz CT molecular complexity index is 933. The van der Waals surface area contributed by atoms with Crippen LogP contribution in [0.1, 0.15) is 20.3 Å². The van der Waals surface area contributed by atoms with Crippen molar-refractivity contribution in [1.29, 1.82) is 0 Å². The number of amides is 1. The lowest BCUT2D eigenvalue weighted by atomic mass is 10.00. The smallest absolute Gasteiger partial charge is 0.328 e. The van der Waals surface area contributed by atoms with Crippen LogP contribution in [0.4, 0.5) is 17.3 Å². The molecule has 2 aliphatic rings. The summed E-state index contributed by atoms with van der Waals surface area (Å²) in [5, 5.41) is 29.7. The van der Waals surface area contributed by atoms with Crippen LogP contribution in [0.15, 0.2) is 6.33 Å². The van der Waals surface area contributed by atoms with Gasteiger partial charge in [0.15, 0.2) is 17.9 Å². The van der Waals surface area contributed by atoms with E-state index in [1.54, 1.807) is 6.92 Å². The first-order valence-corrected chi connectivity index (χ1v) is 11.1. The van der Waals surface area contributed by atoms with Gasteiger partial charge >= 0.3 is 10.2 Å². The molecule has 31 heavy (non-hydrogen) atoms. The summed E-state index contributed by atoms with van der Waals surface area (Å²) < 4.78 is 34.2. The summed E-state index contributed by atoms with van der Waals surface area (Å²) in [5.74, 6) is -1.34. The van der Waals surface area contributed by atoms with E-state index in [4.69, 9.17) is 16.2 Å². The molecule has 0 spiro atoms. The summed E-state index contributed by atoms with van der Waals surface area (Å²) in [6, 6.07) is -1.05. The molecule has 1 aromatic heterocycles. The number of nitrogen functional groups attached to an aromatic ring is 1. The first kappa shape index (κ1) is 23.4. The third-order valence-electron chi connectivity index (χ3n) is 5.54. The van der Waals surface area contributed by atoms with Gasteiger partial charge in [0.25, 0.3) is 5.91 Å². The van der Waals surface area contributed by atoms with Crippen LogP contribution in [0.25, 0.3) is 0 Å². The van der Waals surface area contributed by atoms with Crippen molar-refractivity contribution in [2.75, 3.05) is 28.2 Å². The predicted molar refractivity (Wildman–Crippen MR) is 109 cm³/mol. The number of anilines is 3. The summed E-state index contributed by atoms with van der Waals surface area (Å²) in [6.07, 6.45) is -3.54. The molecule has 1 amide bonds. The number of carbonyl (C=O) groups is 1. The number of hydrogen-bond donors (Lipinski definition) is 6. The lowest BCUT2D eigenvalue weighted by Gasteiger charge is -2.28. The molecule has 2 aliphatic heterocycles. The van der Waals surface area contributed by atoms with Gasteiger partial charge in [0.2, 0.25) is 0 Å². The molecule has 0 radical (unpaired) electrons. The van der Waals surface area contributed by atoms with E-state index in [0.717, 1.165) is 10.6 Å². The Hall–Kier alpha value is -2.30. The number of aromatic nitrogens is 2. The highest BCUT2D eigenvalue weighted by molar-refractivity contribution is 7.91. The zero-order valence-corrected chi connectivity index (χ0v) is 17.8. The molecule has 3 heterocycles. The van der Waals surface area contributed by atoms with Crippen LogP contribution >= 0.6 is 0 Å². The first-order chi connectivity index (χ1) is 14.5. The molecule has 1 saturated heterocycles. The van der Waals surface area contributed by atoms with Crippen molar-refractivity contribution in [3.05, 3.63) is 6.33 Å². The third-order valence-corrected chi connectivity index (χ3v) is 6.87. The maximum Gasteiger partial charge on any atom is 0.328 e. The number of rotatable bonds is 7. The maximum atomic E-state index is 13.0. The normalized spacial score (nSPS) is 27.8. The van der Waals surface area contributed by atoms with Crippen molar-refractivity contribution < 1.29 is 33.3 Å². The van der Waals surface area contributed by atoms with E-state index in [0.29, 0.717) is 6.42 Å². The zero-order valence-electron chi connectivity index (χ0n) is 17.0. The van der Waals surface area contributed by atoms with E-state index < -0.39 is 60.0 Å². The number of aliphatic hydroxyl groups is 3. The quantitative estimate of drug-likeness (QED) is 0.237. The van der Waals surface area contributed by atoms with Crippen LogP contribution in [0.5, 0.6) is 0 Å². The number of ether oxygens (including phenoxy) is 1. The molecule has 0 saturated carbocycles. The molecule has 3 rings (SSSR count). The number of aliphatic hydroxyl groups excluding tert-OH is 3. The molecular formula is C16H27N7O7S. The Kier molecular flexibility index (Phi) is 6.54.